The largest absolute Gasteiger partial charge is 0.496 e. The van der Waals surface area contributed by atoms with Crippen LogP contribution in [0.1, 0.15) is 30.5 Å². The van der Waals surface area contributed by atoms with E-state index in [0.717, 1.165) is 22.4 Å². The first-order chi connectivity index (χ1) is 8.34. The summed E-state index contributed by atoms with van der Waals surface area (Å²) in [4.78, 5) is 12.0. The summed E-state index contributed by atoms with van der Waals surface area (Å²) < 4.78 is 5.34. The highest BCUT2D eigenvalue weighted by molar-refractivity contribution is 5.87. The predicted octanol–water partition coefficient (Wildman–Crippen LogP) is 1.84. The zero-order valence-corrected chi connectivity index (χ0v) is 12.0. The molecular formula is C14H22N2O2. The minimum atomic E-state index is -0.592. The molecule has 0 unspecified atom stereocenters. The minimum absolute atomic E-state index is 0.0611. The van der Waals surface area contributed by atoms with Crippen molar-refractivity contribution in [3.8, 4) is 5.75 Å². The number of benzene rings is 1. The fraction of sp³-hybridized carbons (Fsp3) is 0.500. The number of hydrogen-bond donors (Lipinski definition) is 2. The number of hydrazine groups is 1. The number of carbonyl (C=O) groups excluding carboxylic acids is 1. The molecule has 1 aromatic carbocycles. The molecule has 0 aromatic heterocycles. The van der Waals surface area contributed by atoms with Crippen LogP contribution in [0.3, 0.4) is 0 Å². The minimum Gasteiger partial charge on any atom is -0.496 e. The third-order valence-corrected chi connectivity index (χ3v) is 3.19. The van der Waals surface area contributed by atoms with Crippen LogP contribution >= 0.6 is 0 Å². The quantitative estimate of drug-likeness (QED) is 0.802. The summed E-state index contributed by atoms with van der Waals surface area (Å²) >= 11 is 0. The van der Waals surface area contributed by atoms with Crippen molar-refractivity contribution in [3.63, 3.8) is 0 Å². The van der Waals surface area contributed by atoms with Gasteiger partial charge in [-0.1, -0.05) is 12.1 Å². The van der Waals surface area contributed by atoms with Crippen molar-refractivity contribution < 1.29 is 9.53 Å². The molecule has 2 N–H and O–H groups in total. The van der Waals surface area contributed by atoms with Gasteiger partial charge >= 0.3 is 0 Å². The number of aryl methyl sites for hydroxylation is 2. The molecular weight excluding hydrogens is 228 g/mol. The molecule has 18 heavy (non-hydrogen) atoms. The molecule has 1 amide bonds. The van der Waals surface area contributed by atoms with E-state index in [4.69, 9.17) is 4.74 Å². The summed E-state index contributed by atoms with van der Waals surface area (Å²) in [6.07, 6.45) is 0. The van der Waals surface area contributed by atoms with Gasteiger partial charge in [-0.3, -0.25) is 10.2 Å². The lowest BCUT2D eigenvalue weighted by molar-refractivity contribution is -0.126. The SMILES string of the molecule is CNNC(=O)C(C)(C)c1cc(C)c(OC)c(C)c1. The number of carbonyl (C=O) groups is 1. The van der Waals surface area contributed by atoms with Crippen LogP contribution in [0, 0.1) is 13.8 Å². The molecule has 0 fully saturated rings. The summed E-state index contributed by atoms with van der Waals surface area (Å²) in [6, 6.07) is 4.00. The van der Waals surface area contributed by atoms with Crippen molar-refractivity contribution in [2.45, 2.75) is 33.1 Å². The number of methoxy groups -OCH3 is 1. The van der Waals surface area contributed by atoms with E-state index < -0.39 is 5.41 Å². The Morgan fingerprint density at radius 1 is 1.22 bits per heavy atom. The second-order valence-corrected chi connectivity index (χ2v) is 4.97. The fourth-order valence-electron chi connectivity index (χ4n) is 2.03. The van der Waals surface area contributed by atoms with Crippen LogP contribution in [0.15, 0.2) is 12.1 Å². The molecule has 1 aromatic rings. The maximum atomic E-state index is 12.0. The van der Waals surface area contributed by atoms with Gasteiger partial charge in [0, 0.05) is 7.05 Å². The number of hydrogen-bond acceptors (Lipinski definition) is 3. The number of amides is 1. The van der Waals surface area contributed by atoms with E-state index in [1.165, 1.54) is 0 Å². The van der Waals surface area contributed by atoms with Crippen LogP contribution in [0.2, 0.25) is 0 Å². The smallest absolute Gasteiger partial charge is 0.244 e. The van der Waals surface area contributed by atoms with Gasteiger partial charge in [-0.25, -0.2) is 5.43 Å². The average Bonchev–Trinajstić information content (AvgIpc) is 2.28. The lowest BCUT2D eigenvalue weighted by Crippen LogP contribution is -2.45. The van der Waals surface area contributed by atoms with Gasteiger partial charge in [0.1, 0.15) is 5.75 Å². The summed E-state index contributed by atoms with van der Waals surface area (Å²) in [6.45, 7) is 7.78. The molecule has 0 aliphatic carbocycles. The molecule has 0 saturated carbocycles. The second kappa shape index (κ2) is 5.40. The molecule has 0 spiro atoms. The van der Waals surface area contributed by atoms with Gasteiger partial charge < -0.3 is 4.74 Å². The molecule has 1 rings (SSSR count). The van der Waals surface area contributed by atoms with Gasteiger partial charge in [0.15, 0.2) is 0 Å². The highest BCUT2D eigenvalue weighted by Crippen LogP contribution is 2.31. The summed E-state index contributed by atoms with van der Waals surface area (Å²) in [7, 11) is 3.34. The lowest BCUT2D eigenvalue weighted by atomic mass is 9.82. The highest BCUT2D eigenvalue weighted by Gasteiger charge is 2.30. The Kier molecular flexibility index (Phi) is 4.35. The van der Waals surface area contributed by atoms with Crippen LogP contribution in [-0.2, 0) is 10.2 Å². The van der Waals surface area contributed by atoms with Gasteiger partial charge in [0.2, 0.25) is 5.91 Å². The molecule has 0 aliphatic heterocycles. The topological polar surface area (TPSA) is 50.4 Å². The van der Waals surface area contributed by atoms with Crippen molar-refractivity contribution in [1.82, 2.24) is 10.9 Å². The number of ether oxygens (including phenoxy) is 1. The van der Waals surface area contributed by atoms with E-state index in [0.29, 0.717) is 0 Å². The highest BCUT2D eigenvalue weighted by atomic mass is 16.5. The van der Waals surface area contributed by atoms with Gasteiger partial charge in [-0.15, -0.1) is 0 Å². The van der Waals surface area contributed by atoms with Gasteiger partial charge in [-0.05, 0) is 44.4 Å². The van der Waals surface area contributed by atoms with E-state index in [1.54, 1.807) is 14.2 Å². The van der Waals surface area contributed by atoms with Crippen molar-refractivity contribution in [1.29, 1.82) is 0 Å². The Balaban J connectivity index is 3.21. The summed E-state index contributed by atoms with van der Waals surface area (Å²) in [5, 5.41) is 0. The molecule has 4 heteroatoms. The molecule has 0 atom stereocenters. The molecule has 100 valence electrons. The molecule has 0 aliphatic rings. The van der Waals surface area contributed by atoms with E-state index in [2.05, 4.69) is 10.9 Å². The molecule has 0 radical (unpaired) electrons. The number of nitrogens with one attached hydrogen (secondary N) is 2. The van der Waals surface area contributed by atoms with Crippen LogP contribution in [0.4, 0.5) is 0 Å². The molecule has 0 bridgehead atoms. The Morgan fingerprint density at radius 2 is 1.72 bits per heavy atom. The van der Waals surface area contributed by atoms with E-state index >= 15 is 0 Å². The van der Waals surface area contributed by atoms with Gasteiger partial charge in [0.25, 0.3) is 0 Å². The summed E-state index contributed by atoms with van der Waals surface area (Å²) in [5.41, 5.74) is 7.77. The zero-order valence-electron chi connectivity index (χ0n) is 12.0. The second-order valence-electron chi connectivity index (χ2n) is 4.97. The van der Waals surface area contributed by atoms with Crippen LogP contribution < -0.4 is 15.6 Å². The number of rotatable bonds is 4. The van der Waals surface area contributed by atoms with Crippen LogP contribution in [-0.4, -0.2) is 20.1 Å². The van der Waals surface area contributed by atoms with Gasteiger partial charge in [0.05, 0.1) is 12.5 Å². The first kappa shape index (κ1) is 14.5. The monoisotopic (exact) mass is 250 g/mol. The van der Waals surface area contributed by atoms with Crippen molar-refractivity contribution in [3.05, 3.63) is 28.8 Å². The van der Waals surface area contributed by atoms with Crippen molar-refractivity contribution in [2.24, 2.45) is 0 Å². The first-order valence-electron chi connectivity index (χ1n) is 5.97. The zero-order chi connectivity index (χ0) is 13.9. The standard InChI is InChI=1S/C14H22N2O2/c1-9-7-11(8-10(2)12(9)18-6)14(3,4)13(17)16-15-5/h7-8,15H,1-6H3,(H,16,17). The predicted molar refractivity (Wildman–Crippen MR) is 72.7 cm³/mol. The Morgan fingerprint density at radius 3 is 2.11 bits per heavy atom. The lowest BCUT2D eigenvalue weighted by Gasteiger charge is -2.25. The normalized spacial score (nSPS) is 11.2. The van der Waals surface area contributed by atoms with E-state index in [1.807, 2.05) is 39.8 Å². The van der Waals surface area contributed by atoms with Crippen LogP contribution in [0.5, 0.6) is 5.75 Å². The first-order valence-corrected chi connectivity index (χ1v) is 5.97. The Hall–Kier alpha value is -1.55. The van der Waals surface area contributed by atoms with E-state index in [-0.39, 0.29) is 5.91 Å². The third kappa shape index (κ3) is 2.64. The fourth-order valence-corrected chi connectivity index (χ4v) is 2.03. The van der Waals surface area contributed by atoms with Crippen molar-refractivity contribution in [2.75, 3.05) is 14.2 Å². The van der Waals surface area contributed by atoms with Crippen LogP contribution in [0.25, 0.3) is 0 Å². The molecule has 4 nitrogen and oxygen atoms in total. The average molecular weight is 250 g/mol. The Bertz CT molecular complexity index is 430. The van der Waals surface area contributed by atoms with E-state index in [9.17, 15) is 4.79 Å². The Labute approximate surface area is 109 Å². The maximum absolute atomic E-state index is 12.0. The third-order valence-electron chi connectivity index (χ3n) is 3.19. The summed E-state index contributed by atoms with van der Waals surface area (Å²) in [5.74, 6) is 0.817. The molecule has 0 heterocycles. The molecule has 0 saturated heterocycles. The van der Waals surface area contributed by atoms with Crippen molar-refractivity contribution >= 4 is 5.91 Å². The maximum Gasteiger partial charge on any atom is 0.244 e. The van der Waals surface area contributed by atoms with Gasteiger partial charge in [-0.2, -0.15) is 0 Å².